The van der Waals surface area contributed by atoms with Crippen LogP contribution in [0.4, 0.5) is 0 Å². The van der Waals surface area contributed by atoms with Gasteiger partial charge in [-0.05, 0) is 32.6 Å². The highest BCUT2D eigenvalue weighted by atomic mass is 32.2. The third-order valence-corrected chi connectivity index (χ3v) is 6.05. The topological polar surface area (TPSA) is 80.4 Å². The Labute approximate surface area is 85.4 Å². The standard InChI is InChI=1S/C9H19NO3S/c1-9(2)7(5-8(10)6-11)3-4-14(9,12)13/h7-8,11H,3-6,10H2,1-2H3. The zero-order valence-corrected chi connectivity index (χ0v) is 9.55. The van der Waals surface area contributed by atoms with E-state index in [4.69, 9.17) is 10.8 Å². The third kappa shape index (κ3) is 1.94. The number of aliphatic hydroxyl groups excluding tert-OH is 1. The highest BCUT2D eigenvalue weighted by Gasteiger charge is 2.47. The van der Waals surface area contributed by atoms with Crippen LogP contribution in [0.25, 0.3) is 0 Å². The lowest BCUT2D eigenvalue weighted by atomic mass is 9.87. The van der Waals surface area contributed by atoms with Gasteiger partial charge in [-0.1, -0.05) is 0 Å². The molecule has 2 atom stereocenters. The van der Waals surface area contributed by atoms with Gasteiger partial charge in [0.1, 0.15) is 0 Å². The van der Waals surface area contributed by atoms with E-state index in [1.54, 1.807) is 13.8 Å². The SMILES string of the molecule is CC1(C)C(CC(N)CO)CCS1(=O)=O. The summed E-state index contributed by atoms with van der Waals surface area (Å²) in [5.41, 5.74) is 5.62. The van der Waals surface area contributed by atoms with Crippen molar-refractivity contribution in [2.75, 3.05) is 12.4 Å². The highest BCUT2D eigenvalue weighted by molar-refractivity contribution is 7.93. The van der Waals surface area contributed by atoms with E-state index in [1.807, 2.05) is 0 Å². The maximum absolute atomic E-state index is 11.7. The Morgan fingerprint density at radius 1 is 1.57 bits per heavy atom. The van der Waals surface area contributed by atoms with Crippen molar-refractivity contribution in [3.05, 3.63) is 0 Å². The average molecular weight is 221 g/mol. The Hall–Kier alpha value is -0.130. The quantitative estimate of drug-likeness (QED) is 0.698. The fourth-order valence-electron chi connectivity index (χ4n) is 2.00. The van der Waals surface area contributed by atoms with E-state index in [0.29, 0.717) is 12.8 Å². The summed E-state index contributed by atoms with van der Waals surface area (Å²) in [6.07, 6.45) is 1.26. The summed E-state index contributed by atoms with van der Waals surface area (Å²) in [4.78, 5) is 0. The van der Waals surface area contributed by atoms with Crippen molar-refractivity contribution < 1.29 is 13.5 Å². The Morgan fingerprint density at radius 2 is 2.14 bits per heavy atom. The van der Waals surface area contributed by atoms with Gasteiger partial charge in [0.05, 0.1) is 17.1 Å². The van der Waals surface area contributed by atoms with Crippen molar-refractivity contribution in [2.24, 2.45) is 11.7 Å². The molecule has 3 N–H and O–H groups in total. The maximum Gasteiger partial charge on any atom is 0.155 e. The second-order valence-corrected chi connectivity index (χ2v) is 7.28. The predicted molar refractivity (Wildman–Crippen MR) is 55.7 cm³/mol. The monoisotopic (exact) mass is 221 g/mol. The maximum atomic E-state index is 11.7. The van der Waals surface area contributed by atoms with Crippen molar-refractivity contribution in [1.29, 1.82) is 0 Å². The van der Waals surface area contributed by atoms with Gasteiger partial charge in [-0.2, -0.15) is 0 Å². The van der Waals surface area contributed by atoms with Gasteiger partial charge in [-0.25, -0.2) is 8.42 Å². The second-order valence-electron chi connectivity index (χ2n) is 4.59. The molecule has 0 aromatic heterocycles. The molecule has 0 amide bonds. The molecular weight excluding hydrogens is 202 g/mol. The number of sulfone groups is 1. The summed E-state index contributed by atoms with van der Waals surface area (Å²) in [6.45, 7) is 3.43. The van der Waals surface area contributed by atoms with Gasteiger partial charge < -0.3 is 10.8 Å². The molecule has 0 radical (unpaired) electrons. The third-order valence-electron chi connectivity index (χ3n) is 3.34. The molecule has 0 bridgehead atoms. The molecule has 0 aromatic rings. The van der Waals surface area contributed by atoms with Crippen LogP contribution in [-0.2, 0) is 9.84 Å². The zero-order chi connectivity index (χ0) is 11.0. The average Bonchev–Trinajstić information content (AvgIpc) is 2.28. The fraction of sp³-hybridized carbons (Fsp3) is 1.00. The summed E-state index contributed by atoms with van der Waals surface area (Å²) < 4.78 is 22.6. The first kappa shape index (κ1) is 11.9. The highest BCUT2D eigenvalue weighted by Crippen LogP contribution is 2.39. The molecule has 0 aliphatic carbocycles. The van der Waals surface area contributed by atoms with Gasteiger partial charge in [0, 0.05) is 6.04 Å². The summed E-state index contributed by atoms with van der Waals surface area (Å²) >= 11 is 0. The predicted octanol–water partition coefficient (Wildman–Crippen LogP) is -0.0906. The second kappa shape index (κ2) is 3.79. The van der Waals surface area contributed by atoms with Crippen LogP contribution in [0.15, 0.2) is 0 Å². The molecule has 4 nitrogen and oxygen atoms in total. The van der Waals surface area contributed by atoms with Gasteiger partial charge in [-0.3, -0.25) is 0 Å². The normalized spacial score (nSPS) is 31.6. The Balaban J connectivity index is 2.75. The van der Waals surface area contributed by atoms with E-state index < -0.39 is 14.6 Å². The molecule has 2 unspecified atom stereocenters. The largest absolute Gasteiger partial charge is 0.395 e. The number of aliphatic hydroxyl groups is 1. The van der Waals surface area contributed by atoms with E-state index >= 15 is 0 Å². The molecule has 5 heteroatoms. The lowest BCUT2D eigenvalue weighted by Crippen LogP contribution is -2.38. The van der Waals surface area contributed by atoms with Crippen LogP contribution in [0.2, 0.25) is 0 Å². The van der Waals surface area contributed by atoms with Crippen LogP contribution in [0.3, 0.4) is 0 Å². The Morgan fingerprint density at radius 3 is 2.50 bits per heavy atom. The minimum atomic E-state index is -2.96. The van der Waals surface area contributed by atoms with E-state index in [2.05, 4.69) is 0 Å². The zero-order valence-electron chi connectivity index (χ0n) is 8.73. The molecule has 1 aliphatic rings. The summed E-state index contributed by atoms with van der Waals surface area (Å²) in [6, 6.07) is -0.299. The number of nitrogens with two attached hydrogens (primary N) is 1. The van der Waals surface area contributed by atoms with Gasteiger partial charge >= 0.3 is 0 Å². The van der Waals surface area contributed by atoms with Crippen molar-refractivity contribution >= 4 is 9.84 Å². The van der Waals surface area contributed by atoms with E-state index in [9.17, 15) is 8.42 Å². The van der Waals surface area contributed by atoms with Gasteiger partial charge in [0.15, 0.2) is 9.84 Å². The van der Waals surface area contributed by atoms with Gasteiger partial charge in [0.2, 0.25) is 0 Å². The lowest BCUT2D eigenvalue weighted by molar-refractivity contribution is 0.235. The van der Waals surface area contributed by atoms with Crippen LogP contribution in [0, 0.1) is 5.92 Å². The molecule has 1 aliphatic heterocycles. The molecule has 14 heavy (non-hydrogen) atoms. The van der Waals surface area contributed by atoms with Crippen molar-refractivity contribution in [3.8, 4) is 0 Å². The van der Waals surface area contributed by atoms with Gasteiger partial charge in [-0.15, -0.1) is 0 Å². The van der Waals surface area contributed by atoms with Crippen LogP contribution in [0.5, 0.6) is 0 Å². The minimum Gasteiger partial charge on any atom is -0.395 e. The lowest BCUT2D eigenvalue weighted by Gasteiger charge is -2.27. The minimum absolute atomic E-state index is 0.0768. The Kier molecular flexibility index (Phi) is 3.23. The first-order valence-corrected chi connectivity index (χ1v) is 6.55. The first-order chi connectivity index (χ1) is 6.31. The van der Waals surface area contributed by atoms with Crippen LogP contribution in [-0.4, -0.2) is 36.7 Å². The molecule has 0 saturated carbocycles. The summed E-state index contributed by atoms with van der Waals surface area (Å²) in [5, 5.41) is 8.82. The van der Waals surface area contributed by atoms with Crippen LogP contribution < -0.4 is 5.73 Å². The molecule has 84 valence electrons. The first-order valence-electron chi connectivity index (χ1n) is 4.90. The smallest absolute Gasteiger partial charge is 0.155 e. The molecular formula is C9H19NO3S. The van der Waals surface area contributed by atoms with Gasteiger partial charge in [0.25, 0.3) is 0 Å². The fourth-order valence-corrected chi connectivity index (χ4v) is 3.85. The van der Waals surface area contributed by atoms with Crippen molar-refractivity contribution in [1.82, 2.24) is 0 Å². The number of hydrogen-bond donors (Lipinski definition) is 2. The van der Waals surface area contributed by atoms with E-state index in [0.717, 1.165) is 0 Å². The summed E-state index contributed by atoms with van der Waals surface area (Å²) in [5.74, 6) is 0.331. The number of rotatable bonds is 3. The Bertz CT molecular complexity index is 297. The molecule has 1 fully saturated rings. The van der Waals surface area contributed by atoms with E-state index in [-0.39, 0.29) is 24.3 Å². The van der Waals surface area contributed by atoms with E-state index in [1.165, 1.54) is 0 Å². The molecule has 0 aromatic carbocycles. The van der Waals surface area contributed by atoms with Crippen LogP contribution >= 0.6 is 0 Å². The summed E-state index contributed by atoms with van der Waals surface area (Å²) in [7, 11) is -2.96. The van der Waals surface area contributed by atoms with Crippen LogP contribution in [0.1, 0.15) is 26.7 Å². The molecule has 1 heterocycles. The van der Waals surface area contributed by atoms with Crippen molar-refractivity contribution in [2.45, 2.75) is 37.5 Å². The number of hydrogen-bond acceptors (Lipinski definition) is 4. The molecule has 1 saturated heterocycles. The molecule has 1 rings (SSSR count). The molecule has 0 spiro atoms. The van der Waals surface area contributed by atoms with Crippen molar-refractivity contribution in [3.63, 3.8) is 0 Å².